The van der Waals surface area contributed by atoms with E-state index in [1.54, 1.807) is 31.2 Å². The van der Waals surface area contributed by atoms with E-state index in [4.69, 9.17) is 4.42 Å². The minimum absolute atomic E-state index is 0.315. The quantitative estimate of drug-likeness (QED) is 0.745. The number of rotatable bonds is 4. The zero-order valence-electron chi connectivity index (χ0n) is 14.6. The van der Waals surface area contributed by atoms with Gasteiger partial charge in [0.1, 0.15) is 6.04 Å². The van der Waals surface area contributed by atoms with Crippen LogP contribution in [0.4, 0.5) is 13.2 Å². The molecule has 142 valence electrons. The largest absolute Gasteiger partial charge is 0.420 e. The Labute approximate surface area is 152 Å². The van der Waals surface area contributed by atoms with E-state index in [-0.39, 0.29) is 0 Å². The van der Waals surface area contributed by atoms with Gasteiger partial charge in [0.15, 0.2) is 5.58 Å². The van der Waals surface area contributed by atoms with Gasteiger partial charge < -0.3 is 9.73 Å². The number of nitrogens with zero attached hydrogens (tertiary/aromatic N) is 1. The molecule has 1 N–H and O–H groups in total. The predicted octanol–water partition coefficient (Wildman–Crippen LogP) is 4.05. The Kier molecular flexibility index (Phi) is 4.82. The maximum atomic E-state index is 12.9. The Morgan fingerprint density at radius 2 is 1.81 bits per heavy atom. The molecule has 0 radical (unpaired) electrons. The molecule has 0 aliphatic heterocycles. The molecular formula is C19H17F3N2O3. The van der Waals surface area contributed by atoms with Crippen LogP contribution >= 0.6 is 0 Å². The van der Waals surface area contributed by atoms with Crippen LogP contribution in [0, 0.1) is 0 Å². The zero-order chi connectivity index (χ0) is 19.8. The summed E-state index contributed by atoms with van der Waals surface area (Å²) < 4.78 is 44.9. The van der Waals surface area contributed by atoms with Crippen molar-refractivity contribution < 1.29 is 22.4 Å². The Balaban J connectivity index is 1.82. The highest BCUT2D eigenvalue weighted by Crippen LogP contribution is 2.30. The van der Waals surface area contributed by atoms with Gasteiger partial charge in [-0.2, -0.15) is 13.2 Å². The number of nitrogens with one attached hydrogen (secondary N) is 1. The van der Waals surface area contributed by atoms with Crippen LogP contribution in [0.1, 0.15) is 37.1 Å². The molecule has 1 aromatic heterocycles. The van der Waals surface area contributed by atoms with E-state index >= 15 is 0 Å². The number of carbonyl (C=O) groups is 1. The average Bonchev–Trinajstić information content (AvgIpc) is 2.96. The van der Waals surface area contributed by atoms with Gasteiger partial charge in [-0.1, -0.05) is 24.3 Å². The van der Waals surface area contributed by atoms with Gasteiger partial charge >= 0.3 is 11.9 Å². The second-order valence-corrected chi connectivity index (χ2v) is 6.24. The number of hydrogen-bond acceptors (Lipinski definition) is 3. The molecule has 0 saturated carbocycles. The van der Waals surface area contributed by atoms with Crippen LogP contribution in [0.3, 0.4) is 0 Å². The fourth-order valence-corrected chi connectivity index (χ4v) is 2.87. The monoisotopic (exact) mass is 378 g/mol. The second-order valence-electron chi connectivity index (χ2n) is 6.24. The number of alkyl halides is 3. The van der Waals surface area contributed by atoms with Crippen molar-refractivity contribution in [3.05, 3.63) is 70.2 Å². The number of carbonyl (C=O) groups excluding carboxylic acids is 1. The number of fused-ring (bicyclic) bond motifs is 1. The first-order valence-corrected chi connectivity index (χ1v) is 8.26. The molecule has 1 heterocycles. The van der Waals surface area contributed by atoms with Crippen molar-refractivity contribution in [2.24, 2.45) is 0 Å². The van der Waals surface area contributed by atoms with Gasteiger partial charge in [0, 0.05) is 0 Å². The Hall–Kier alpha value is -3.03. The summed E-state index contributed by atoms with van der Waals surface area (Å²) in [7, 11) is 0. The molecule has 5 nitrogen and oxygen atoms in total. The third-order valence-electron chi connectivity index (χ3n) is 4.36. The van der Waals surface area contributed by atoms with Crippen LogP contribution in [-0.4, -0.2) is 10.5 Å². The van der Waals surface area contributed by atoms with Crippen molar-refractivity contribution in [1.29, 1.82) is 0 Å². The molecule has 0 aliphatic rings. The van der Waals surface area contributed by atoms with Gasteiger partial charge in [0.05, 0.1) is 17.1 Å². The van der Waals surface area contributed by atoms with E-state index in [9.17, 15) is 22.8 Å². The number of benzene rings is 2. The molecule has 0 unspecified atom stereocenters. The molecule has 0 fully saturated rings. The molecule has 0 saturated heterocycles. The number of aromatic nitrogens is 1. The van der Waals surface area contributed by atoms with E-state index < -0.39 is 35.5 Å². The maximum Gasteiger partial charge on any atom is 0.420 e. The summed E-state index contributed by atoms with van der Waals surface area (Å²) in [5.41, 5.74) is 0.353. The summed E-state index contributed by atoms with van der Waals surface area (Å²) in [6.45, 7) is 3.11. The van der Waals surface area contributed by atoms with E-state index in [1.807, 2.05) is 0 Å². The minimum Gasteiger partial charge on any atom is -0.408 e. The molecule has 0 aliphatic carbocycles. The number of amides is 1. The summed E-state index contributed by atoms with van der Waals surface area (Å²) in [4.78, 5) is 24.7. The molecule has 2 atom stereocenters. The van der Waals surface area contributed by atoms with Gasteiger partial charge in [0.2, 0.25) is 5.91 Å². The number of oxazole rings is 1. The number of para-hydroxylation sites is 2. The summed E-state index contributed by atoms with van der Waals surface area (Å²) in [5.74, 6) is -1.18. The van der Waals surface area contributed by atoms with Gasteiger partial charge in [0.25, 0.3) is 0 Å². The SMILES string of the molecule is C[C@H](C(=O)N[C@H](C)c1cccc(C(F)(F)F)c1)n1c(=O)oc2ccccc21. The predicted molar refractivity (Wildman–Crippen MR) is 93.2 cm³/mol. The third kappa shape index (κ3) is 3.74. The van der Waals surface area contributed by atoms with Crippen LogP contribution in [0.15, 0.2) is 57.7 Å². The van der Waals surface area contributed by atoms with E-state index in [0.717, 1.165) is 12.1 Å². The van der Waals surface area contributed by atoms with Gasteiger partial charge in [-0.3, -0.25) is 9.36 Å². The normalized spacial score (nSPS) is 14.1. The van der Waals surface area contributed by atoms with E-state index in [1.165, 1.54) is 23.6 Å². The molecular weight excluding hydrogens is 361 g/mol. The van der Waals surface area contributed by atoms with Gasteiger partial charge in [-0.05, 0) is 43.7 Å². The van der Waals surface area contributed by atoms with Crippen molar-refractivity contribution >= 4 is 17.0 Å². The van der Waals surface area contributed by atoms with Crippen molar-refractivity contribution in [2.75, 3.05) is 0 Å². The highest BCUT2D eigenvalue weighted by atomic mass is 19.4. The lowest BCUT2D eigenvalue weighted by atomic mass is 10.0. The number of halogens is 3. The zero-order valence-corrected chi connectivity index (χ0v) is 14.6. The molecule has 0 bridgehead atoms. The smallest absolute Gasteiger partial charge is 0.408 e. The molecule has 0 spiro atoms. The first kappa shape index (κ1) is 18.8. The van der Waals surface area contributed by atoms with E-state index in [2.05, 4.69) is 5.32 Å². The molecule has 27 heavy (non-hydrogen) atoms. The Bertz CT molecular complexity index is 1040. The molecule has 3 aromatic rings. The van der Waals surface area contributed by atoms with E-state index in [0.29, 0.717) is 16.7 Å². The van der Waals surface area contributed by atoms with Gasteiger partial charge in [-0.15, -0.1) is 0 Å². The van der Waals surface area contributed by atoms with Crippen molar-refractivity contribution in [3.63, 3.8) is 0 Å². The summed E-state index contributed by atoms with van der Waals surface area (Å²) in [5, 5.41) is 2.65. The lowest BCUT2D eigenvalue weighted by Gasteiger charge is -2.19. The summed E-state index contributed by atoms with van der Waals surface area (Å²) in [6, 6.07) is 9.88. The standard InChI is InChI=1S/C19H17F3N2O3/c1-11(13-6-5-7-14(10-13)19(20,21)22)23-17(25)12(2)24-15-8-3-4-9-16(15)27-18(24)26/h3-12H,1-2H3,(H,23,25)/t11-,12-/m1/s1. The van der Waals surface area contributed by atoms with Crippen LogP contribution in [0.5, 0.6) is 0 Å². The second kappa shape index (κ2) is 6.94. The first-order valence-electron chi connectivity index (χ1n) is 8.26. The fraction of sp³-hybridized carbons (Fsp3) is 0.263. The summed E-state index contributed by atoms with van der Waals surface area (Å²) in [6.07, 6.45) is -4.46. The Morgan fingerprint density at radius 3 is 2.52 bits per heavy atom. The molecule has 2 aromatic carbocycles. The number of hydrogen-bond donors (Lipinski definition) is 1. The molecule has 8 heteroatoms. The maximum absolute atomic E-state index is 12.9. The van der Waals surface area contributed by atoms with Crippen molar-refractivity contribution in [3.8, 4) is 0 Å². The topological polar surface area (TPSA) is 64.2 Å². The van der Waals surface area contributed by atoms with Gasteiger partial charge in [-0.25, -0.2) is 4.79 Å². The highest BCUT2D eigenvalue weighted by Gasteiger charge is 2.31. The first-order chi connectivity index (χ1) is 12.7. The van der Waals surface area contributed by atoms with Crippen molar-refractivity contribution in [2.45, 2.75) is 32.1 Å². The average molecular weight is 378 g/mol. The van der Waals surface area contributed by atoms with Crippen LogP contribution in [0.2, 0.25) is 0 Å². The minimum atomic E-state index is -4.46. The third-order valence-corrected chi connectivity index (χ3v) is 4.36. The Morgan fingerprint density at radius 1 is 1.11 bits per heavy atom. The van der Waals surface area contributed by atoms with Crippen LogP contribution < -0.4 is 11.1 Å². The van der Waals surface area contributed by atoms with Crippen LogP contribution in [-0.2, 0) is 11.0 Å². The molecule has 1 amide bonds. The fourth-order valence-electron chi connectivity index (χ4n) is 2.87. The lowest BCUT2D eigenvalue weighted by molar-refractivity contribution is -0.137. The van der Waals surface area contributed by atoms with Crippen molar-refractivity contribution in [1.82, 2.24) is 9.88 Å². The van der Waals surface area contributed by atoms with Crippen LogP contribution in [0.25, 0.3) is 11.1 Å². The summed E-state index contributed by atoms with van der Waals surface area (Å²) >= 11 is 0. The molecule has 3 rings (SSSR count). The highest BCUT2D eigenvalue weighted by molar-refractivity contribution is 5.83. The lowest BCUT2D eigenvalue weighted by Crippen LogP contribution is -2.35.